The van der Waals surface area contributed by atoms with Crippen LogP contribution in [0.5, 0.6) is 0 Å². The zero-order valence-corrected chi connectivity index (χ0v) is 13.9. The van der Waals surface area contributed by atoms with Crippen molar-refractivity contribution in [2.24, 2.45) is 0 Å². The molecule has 8 heteroatoms. The summed E-state index contributed by atoms with van der Waals surface area (Å²) in [5.74, 6) is 0.991. The van der Waals surface area contributed by atoms with E-state index in [1.165, 1.54) is 4.31 Å². The number of aromatic nitrogens is 2. The van der Waals surface area contributed by atoms with Crippen LogP contribution >= 0.6 is 0 Å². The minimum absolute atomic E-state index is 0.172. The predicted molar refractivity (Wildman–Crippen MR) is 77.8 cm³/mol. The molecule has 0 unspecified atom stereocenters. The number of nitrogens with zero attached hydrogens (tertiary/aromatic N) is 3. The van der Waals surface area contributed by atoms with Crippen molar-refractivity contribution >= 4 is 10.0 Å². The summed E-state index contributed by atoms with van der Waals surface area (Å²) in [5, 5.41) is 7.71. The van der Waals surface area contributed by atoms with Gasteiger partial charge in [0.2, 0.25) is 10.0 Å². The molecule has 0 saturated carbocycles. The average molecular weight is 325 g/mol. The summed E-state index contributed by atoms with van der Waals surface area (Å²) >= 11 is 0. The van der Waals surface area contributed by atoms with E-state index >= 15 is 0 Å². The number of hydrogen-bond acceptors (Lipinski definition) is 6. The van der Waals surface area contributed by atoms with E-state index in [2.05, 4.69) is 10.3 Å². The van der Waals surface area contributed by atoms with Crippen LogP contribution in [-0.4, -0.2) is 29.6 Å². The molecule has 3 rings (SSSR count). The van der Waals surface area contributed by atoms with Gasteiger partial charge < -0.3 is 9.05 Å². The highest BCUT2D eigenvalue weighted by molar-refractivity contribution is 7.89. The predicted octanol–water partition coefficient (Wildman–Crippen LogP) is 2.42. The van der Waals surface area contributed by atoms with E-state index in [0.717, 1.165) is 24.1 Å². The van der Waals surface area contributed by atoms with Crippen molar-refractivity contribution in [3.8, 4) is 0 Å². The minimum Gasteiger partial charge on any atom is -0.361 e. The topological polar surface area (TPSA) is 89.4 Å². The van der Waals surface area contributed by atoms with Crippen LogP contribution in [-0.2, 0) is 10.0 Å². The molecule has 0 N–H and O–H groups in total. The summed E-state index contributed by atoms with van der Waals surface area (Å²) in [6.07, 6.45) is 1.56. The molecular weight excluding hydrogens is 306 g/mol. The van der Waals surface area contributed by atoms with Gasteiger partial charge in [-0.05, 0) is 40.5 Å². The fourth-order valence-electron chi connectivity index (χ4n) is 3.24. The molecule has 0 radical (unpaired) electrons. The molecule has 0 bridgehead atoms. The van der Waals surface area contributed by atoms with E-state index in [4.69, 9.17) is 9.05 Å². The van der Waals surface area contributed by atoms with Gasteiger partial charge in [0.25, 0.3) is 0 Å². The van der Waals surface area contributed by atoms with Crippen LogP contribution in [0.3, 0.4) is 0 Å². The SMILES string of the molecule is Cc1noc(C)c1[C@H]1CCCN1S(=O)(=O)c1c(C)noc1C. The van der Waals surface area contributed by atoms with Gasteiger partial charge >= 0.3 is 0 Å². The summed E-state index contributed by atoms with van der Waals surface area (Å²) in [6, 6.07) is -0.245. The monoisotopic (exact) mass is 325 g/mol. The van der Waals surface area contributed by atoms with Crippen LogP contribution in [0.25, 0.3) is 0 Å². The highest BCUT2D eigenvalue weighted by Crippen LogP contribution is 2.40. The van der Waals surface area contributed by atoms with Crippen LogP contribution in [0, 0.1) is 27.7 Å². The van der Waals surface area contributed by atoms with Gasteiger partial charge in [-0.25, -0.2) is 8.42 Å². The standard InChI is InChI=1S/C14H19N3O4S/c1-8-13(10(3)20-15-8)12-6-5-7-17(12)22(18,19)14-9(2)16-21-11(14)4/h12H,5-7H2,1-4H3/t12-/m1/s1. The van der Waals surface area contributed by atoms with Crippen molar-refractivity contribution in [1.82, 2.24) is 14.6 Å². The van der Waals surface area contributed by atoms with Gasteiger partial charge in [0, 0.05) is 12.1 Å². The molecule has 1 fully saturated rings. The summed E-state index contributed by atoms with van der Waals surface area (Å²) in [7, 11) is -3.66. The van der Waals surface area contributed by atoms with Crippen molar-refractivity contribution in [3.05, 3.63) is 28.5 Å². The number of aryl methyl sites for hydroxylation is 4. The van der Waals surface area contributed by atoms with Crippen LogP contribution in [0.1, 0.15) is 47.4 Å². The first-order valence-electron chi connectivity index (χ1n) is 7.21. The second-order valence-electron chi connectivity index (χ2n) is 5.66. The Morgan fingerprint density at radius 1 is 1.05 bits per heavy atom. The van der Waals surface area contributed by atoms with Gasteiger partial charge in [-0.1, -0.05) is 10.3 Å². The third-order valence-corrected chi connectivity index (χ3v) is 6.31. The molecule has 1 aliphatic rings. The van der Waals surface area contributed by atoms with Crippen molar-refractivity contribution in [1.29, 1.82) is 0 Å². The van der Waals surface area contributed by atoms with E-state index < -0.39 is 10.0 Å². The first-order valence-corrected chi connectivity index (χ1v) is 8.65. The van der Waals surface area contributed by atoms with Crippen LogP contribution in [0.2, 0.25) is 0 Å². The zero-order chi connectivity index (χ0) is 16.1. The molecule has 0 aliphatic carbocycles. The molecule has 0 spiro atoms. The van der Waals surface area contributed by atoms with E-state index in [1.807, 2.05) is 13.8 Å². The lowest BCUT2D eigenvalue weighted by Crippen LogP contribution is -2.31. The van der Waals surface area contributed by atoms with Crippen molar-refractivity contribution in [2.75, 3.05) is 6.54 Å². The highest BCUT2D eigenvalue weighted by atomic mass is 32.2. The quantitative estimate of drug-likeness (QED) is 0.861. The fraction of sp³-hybridized carbons (Fsp3) is 0.571. The zero-order valence-electron chi connectivity index (χ0n) is 13.1. The van der Waals surface area contributed by atoms with Crippen molar-refractivity contribution in [2.45, 2.75) is 51.5 Å². The molecule has 7 nitrogen and oxygen atoms in total. The molecule has 1 atom stereocenters. The second-order valence-corrected chi connectivity index (χ2v) is 7.49. The smallest absolute Gasteiger partial charge is 0.249 e. The fourth-order valence-corrected chi connectivity index (χ4v) is 5.20. The lowest BCUT2D eigenvalue weighted by molar-refractivity contribution is 0.373. The first-order chi connectivity index (χ1) is 10.3. The first kappa shape index (κ1) is 15.2. The average Bonchev–Trinajstić information content (AvgIpc) is 3.11. The Morgan fingerprint density at radius 2 is 1.68 bits per heavy atom. The van der Waals surface area contributed by atoms with Gasteiger partial charge in [0.1, 0.15) is 16.3 Å². The molecule has 120 valence electrons. The normalized spacial score (nSPS) is 19.9. The Kier molecular flexibility index (Phi) is 3.60. The maximum Gasteiger partial charge on any atom is 0.249 e. The third-order valence-electron chi connectivity index (χ3n) is 4.16. The minimum atomic E-state index is -3.66. The van der Waals surface area contributed by atoms with Crippen molar-refractivity contribution in [3.63, 3.8) is 0 Å². The van der Waals surface area contributed by atoms with Gasteiger partial charge in [-0.2, -0.15) is 4.31 Å². The van der Waals surface area contributed by atoms with Crippen molar-refractivity contribution < 1.29 is 17.5 Å². The van der Waals surface area contributed by atoms with E-state index in [0.29, 0.717) is 23.8 Å². The van der Waals surface area contributed by atoms with E-state index in [-0.39, 0.29) is 10.9 Å². The Bertz CT molecular complexity index is 767. The van der Waals surface area contributed by atoms with Crippen LogP contribution in [0.15, 0.2) is 13.9 Å². The van der Waals surface area contributed by atoms with E-state index in [9.17, 15) is 8.42 Å². The Balaban J connectivity index is 2.07. The third kappa shape index (κ3) is 2.17. The number of hydrogen-bond donors (Lipinski definition) is 0. The van der Waals surface area contributed by atoms with Crippen LogP contribution in [0.4, 0.5) is 0 Å². The highest BCUT2D eigenvalue weighted by Gasteiger charge is 2.41. The molecule has 0 aromatic carbocycles. The van der Waals surface area contributed by atoms with Crippen LogP contribution < -0.4 is 0 Å². The molecule has 1 saturated heterocycles. The summed E-state index contributed by atoms with van der Waals surface area (Å²) in [6.45, 7) is 7.39. The number of rotatable bonds is 3. The molecule has 0 amide bonds. The molecule has 2 aromatic rings. The summed E-state index contributed by atoms with van der Waals surface area (Å²) in [4.78, 5) is 0.172. The molecule has 3 heterocycles. The van der Waals surface area contributed by atoms with E-state index in [1.54, 1.807) is 13.8 Å². The molecular formula is C14H19N3O4S. The lowest BCUT2D eigenvalue weighted by atomic mass is 10.0. The van der Waals surface area contributed by atoms with Gasteiger partial charge in [0.15, 0.2) is 5.76 Å². The number of sulfonamides is 1. The Hall–Kier alpha value is -1.67. The largest absolute Gasteiger partial charge is 0.361 e. The molecule has 22 heavy (non-hydrogen) atoms. The lowest BCUT2D eigenvalue weighted by Gasteiger charge is -2.23. The molecule has 1 aliphatic heterocycles. The van der Waals surface area contributed by atoms with Gasteiger partial charge in [-0.15, -0.1) is 0 Å². The van der Waals surface area contributed by atoms with Gasteiger partial charge in [-0.3, -0.25) is 0 Å². The Labute approximate surface area is 129 Å². The maximum atomic E-state index is 13.0. The summed E-state index contributed by atoms with van der Waals surface area (Å²) < 4.78 is 37.8. The molecule has 2 aromatic heterocycles. The maximum absolute atomic E-state index is 13.0. The Morgan fingerprint density at radius 3 is 2.23 bits per heavy atom. The summed E-state index contributed by atoms with van der Waals surface area (Å²) in [5.41, 5.74) is 2.00. The van der Waals surface area contributed by atoms with Gasteiger partial charge in [0.05, 0.1) is 11.7 Å². The second kappa shape index (κ2) is 5.20.